The predicted molar refractivity (Wildman–Crippen MR) is 70.6 cm³/mol. The quantitative estimate of drug-likeness (QED) is 0.898. The Bertz CT molecular complexity index is 511. The minimum Gasteiger partial charge on any atom is -0.369 e. The molecule has 0 bridgehead atoms. The maximum absolute atomic E-state index is 13.5. The summed E-state index contributed by atoms with van der Waals surface area (Å²) in [6, 6.07) is 10.6. The predicted octanol–water partition coefficient (Wildman–Crippen LogP) is 2.32. The van der Waals surface area contributed by atoms with Gasteiger partial charge in [0, 0.05) is 25.7 Å². The van der Waals surface area contributed by atoms with E-state index >= 15 is 0 Å². The van der Waals surface area contributed by atoms with Gasteiger partial charge >= 0.3 is 0 Å². The van der Waals surface area contributed by atoms with Gasteiger partial charge in [-0.3, -0.25) is 4.98 Å². The van der Waals surface area contributed by atoms with Crippen molar-refractivity contribution >= 4 is 5.69 Å². The molecule has 2 rings (SSSR count). The number of aromatic nitrogens is 1. The van der Waals surface area contributed by atoms with Crippen molar-refractivity contribution in [2.45, 2.75) is 13.1 Å². The molecule has 0 spiro atoms. The molecule has 0 aliphatic carbocycles. The Morgan fingerprint density at radius 3 is 2.61 bits per heavy atom. The molecule has 1 heterocycles. The van der Waals surface area contributed by atoms with Crippen LogP contribution in [-0.4, -0.2) is 12.0 Å². The number of nitrogens with zero attached hydrogens (tertiary/aromatic N) is 2. The van der Waals surface area contributed by atoms with Crippen molar-refractivity contribution in [1.82, 2.24) is 4.98 Å². The third-order valence-corrected chi connectivity index (χ3v) is 2.82. The van der Waals surface area contributed by atoms with Crippen LogP contribution in [0, 0.1) is 5.82 Å². The summed E-state index contributed by atoms with van der Waals surface area (Å²) in [7, 11) is 1.91. The molecule has 1 aromatic heterocycles. The summed E-state index contributed by atoms with van der Waals surface area (Å²) >= 11 is 0. The van der Waals surface area contributed by atoms with Gasteiger partial charge in [0.2, 0.25) is 0 Å². The van der Waals surface area contributed by atoms with Gasteiger partial charge in [-0.15, -0.1) is 0 Å². The first kappa shape index (κ1) is 12.5. The largest absolute Gasteiger partial charge is 0.369 e. The second-order valence-electron chi connectivity index (χ2n) is 4.16. The molecule has 0 unspecified atom stereocenters. The van der Waals surface area contributed by atoms with Gasteiger partial charge in [0.1, 0.15) is 5.82 Å². The molecule has 0 fully saturated rings. The minimum atomic E-state index is -0.184. The summed E-state index contributed by atoms with van der Waals surface area (Å²) < 4.78 is 13.5. The molecule has 0 saturated carbocycles. The van der Waals surface area contributed by atoms with Crippen molar-refractivity contribution in [3.8, 4) is 0 Å². The van der Waals surface area contributed by atoms with E-state index in [1.165, 1.54) is 6.07 Å². The van der Waals surface area contributed by atoms with E-state index in [9.17, 15) is 4.39 Å². The molecule has 18 heavy (non-hydrogen) atoms. The average molecular weight is 245 g/mol. The molecule has 0 aliphatic rings. The number of anilines is 1. The Balaban J connectivity index is 2.11. The zero-order valence-electron chi connectivity index (χ0n) is 10.3. The molecule has 2 aromatic rings. The van der Waals surface area contributed by atoms with E-state index in [1.807, 2.05) is 30.1 Å². The maximum Gasteiger partial charge on any atom is 0.128 e. The SMILES string of the molecule is CN(Cc1ccccc1F)c1ccc(CN)nc1. The van der Waals surface area contributed by atoms with E-state index in [1.54, 1.807) is 18.3 Å². The van der Waals surface area contributed by atoms with Gasteiger partial charge in [-0.25, -0.2) is 4.39 Å². The smallest absolute Gasteiger partial charge is 0.128 e. The van der Waals surface area contributed by atoms with Gasteiger partial charge < -0.3 is 10.6 Å². The van der Waals surface area contributed by atoms with Crippen LogP contribution in [0.3, 0.4) is 0 Å². The third-order valence-electron chi connectivity index (χ3n) is 2.82. The number of nitrogens with two attached hydrogens (primary N) is 1. The van der Waals surface area contributed by atoms with E-state index in [-0.39, 0.29) is 5.82 Å². The first-order valence-electron chi connectivity index (χ1n) is 5.80. The van der Waals surface area contributed by atoms with Gasteiger partial charge in [-0.05, 0) is 18.2 Å². The number of hydrogen-bond acceptors (Lipinski definition) is 3. The highest BCUT2D eigenvalue weighted by molar-refractivity contribution is 5.44. The Morgan fingerprint density at radius 1 is 1.22 bits per heavy atom. The molecule has 0 aliphatic heterocycles. The zero-order valence-corrected chi connectivity index (χ0v) is 10.3. The van der Waals surface area contributed by atoms with Gasteiger partial charge in [0.15, 0.2) is 0 Å². The second-order valence-corrected chi connectivity index (χ2v) is 4.16. The van der Waals surface area contributed by atoms with E-state index in [4.69, 9.17) is 5.73 Å². The van der Waals surface area contributed by atoms with E-state index in [0.717, 1.165) is 11.4 Å². The number of benzene rings is 1. The fourth-order valence-corrected chi connectivity index (χ4v) is 1.74. The Labute approximate surface area is 106 Å². The lowest BCUT2D eigenvalue weighted by molar-refractivity contribution is 0.608. The van der Waals surface area contributed by atoms with E-state index < -0.39 is 0 Å². The molecule has 4 heteroatoms. The number of hydrogen-bond donors (Lipinski definition) is 1. The van der Waals surface area contributed by atoms with Crippen LogP contribution in [0.25, 0.3) is 0 Å². The van der Waals surface area contributed by atoms with Crippen molar-refractivity contribution < 1.29 is 4.39 Å². The fraction of sp³-hybridized carbons (Fsp3) is 0.214. The fourth-order valence-electron chi connectivity index (χ4n) is 1.74. The van der Waals surface area contributed by atoms with Crippen LogP contribution in [0.2, 0.25) is 0 Å². The summed E-state index contributed by atoms with van der Waals surface area (Å²) in [4.78, 5) is 6.17. The highest BCUT2D eigenvalue weighted by Crippen LogP contribution is 2.16. The van der Waals surface area contributed by atoms with Crippen LogP contribution in [0.5, 0.6) is 0 Å². The van der Waals surface area contributed by atoms with E-state index in [0.29, 0.717) is 18.7 Å². The third kappa shape index (κ3) is 2.84. The monoisotopic (exact) mass is 245 g/mol. The van der Waals surface area contributed by atoms with Crippen LogP contribution in [-0.2, 0) is 13.1 Å². The maximum atomic E-state index is 13.5. The van der Waals surface area contributed by atoms with Crippen molar-refractivity contribution in [3.05, 3.63) is 59.7 Å². The summed E-state index contributed by atoms with van der Waals surface area (Å²) in [5, 5.41) is 0. The highest BCUT2D eigenvalue weighted by Gasteiger charge is 2.06. The van der Waals surface area contributed by atoms with Crippen molar-refractivity contribution in [2.24, 2.45) is 5.73 Å². The summed E-state index contributed by atoms with van der Waals surface area (Å²) in [6.45, 7) is 0.938. The Morgan fingerprint density at radius 2 is 2.00 bits per heavy atom. The molecule has 3 nitrogen and oxygen atoms in total. The zero-order chi connectivity index (χ0) is 13.0. The topological polar surface area (TPSA) is 42.1 Å². The summed E-state index contributed by atoms with van der Waals surface area (Å²) in [5.41, 5.74) is 7.95. The number of halogens is 1. The van der Waals surface area contributed by atoms with Crippen molar-refractivity contribution in [1.29, 1.82) is 0 Å². The van der Waals surface area contributed by atoms with Crippen LogP contribution in [0.15, 0.2) is 42.6 Å². The van der Waals surface area contributed by atoms with Gasteiger partial charge in [0.05, 0.1) is 17.6 Å². The summed E-state index contributed by atoms with van der Waals surface area (Å²) in [6.07, 6.45) is 1.75. The van der Waals surface area contributed by atoms with Crippen LogP contribution in [0.1, 0.15) is 11.3 Å². The van der Waals surface area contributed by atoms with Gasteiger partial charge in [-0.2, -0.15) is 0 Å². The average Bonchev–Trinajstić information content (AvgIpc) is 2.41. The molecule has 0 atom stereocenters. The molecule has 0 saturated heterocycles. The van der Waals surface area contributed by atoms with Gasteiger partial charge in [-0.1, -0.05) is 18.2 Å². The first-order valence-corrected chi connectivity index (χ1v) is 5.80. The molecular formula is C14H16FN3. The lowest BCUT2D eigenvalue weighted by Crippen LogP contribution is -2.17. The normalized spacial score (nSPS) is 10.4. The minimum absolute atomic E-state index is 0.184. The van der Waals surface area contributed by atoms with Crippen LogP contribution in [0.4, 0.5) is 10.1 Å². The Kier molecular flexibility index (Phi) is 3.89. The van der Waals surface area contributed by atoms with Crippen molar-refractivity contribution in [2.75, 3.05) is 11.9 Å². The molecule has 1 aromatic carbocycles. The lowest BCUT2D eigenvalue weighted by atomic mass is 10.2. The lowest BCUT2D eigenvalue weighted by Gasteiger charge is -2.19. The molecule has 0 radical (unpaired) electrons. The molecule has 2 N–H and O–H groups in total. The molecule has 94 valence electrons. The summed E-state index contributed by atoms with van der Waals surface area (Å²) in [5.74, 6) is -0.184. The first-order chi connectivity index (χ1) is 8.70. The van der Waals surface area contributed by atoms with Crippen LogP contribution < -0.4 is 10.6 Å². The number of pyridine rings is 1. The highest BCUT2D eigenvalue weighted by atomic mass is 19.1. The molecule has 0 amide bonds. The number of rotatable bonds is 4. The second kappa shape index (κ2) is 5.60. The van der Waals surface area contributed by atoms with E-state index in [2.05, 4.69) is 4.98 Å². The van der Waals surface area contributed by atoms with Gasteiger partial charge in [0.25, 0.3) is 0 Å². The standard InChI is InChI=1S/C14H16FN3/c1-18(10-11-4-2-3-5-14(11)15)13-7-6-12(8-16)17-9-13/h2-7,9H,8,10,16H2,1H3. The molecular weight excluding hydrogens is 229 g/mol. The Hall–Kier alpha value is -1.94. The van der Waals surface area contributed by atoms with Crippen LogP contribution >= 0.6 is 0 Å². The van der Waals surface area contributed by atoms with Crippen molar-refractivity contribution in [3.63, 3.8) is 0 Å².